The van der Waals surface area contributed by atoms with Gasteiger partial charge >= 0.3 is 0 Å². The van der Waals surface area contributed by atoms with E-state index in [-0.39, 0.29) is 22.5 Å². The second-order valence-corrected chi connectivity index (χ2v) is 7.30. The van der Waals surface area contributed by atoms with Crippen LogP contribution in [0.5, 0.6) is 5.75 Å². The number of nitrogens with zero attached hydrogens (tertiary/aromatic N) is 1. The SMILES string of the molecule is CCCCCC[C@@H](C)Oc1cc([N+](=O)[O-])c(-c2ccc(C(C)=O)cc2)cc1C. The van der Waals surface area contributed by atoms with Crippen molar-refractivity contribution in [3.63, 3.8) is 0 Å². The van der Waals surface area contributed by atoms with Crippen molar-refractivity contribution in [2.45, 2.75) is 65.9 Å². The lowest BCUT2D eigenvalue weighted by Gasteiger charge is -2.17. The minimum absolute atomic E-state index is 0.00866. The smallest absolute Gasteiger partial charge is 0.280 e. The van der Waals surface area contributed by atoms with Gasteiger partial charge in [0, 0.05) is 5.56 Å². The average Bonchev–Trinajstić information content (AvgIpc) is 2.66. The van der Waals surface area contributed by atoms with E-state index in [9.17, 15) is 14.9 Å². The Bertz CT molecular complexity index is 827. The summed E-state index contributed by atoms with van der Waals surface area (Å²) in [5.74, 6) is 0.521. The lowest BCUT2D eigenvalue weighted by molar-refractivity contribution is -0.384. The van der Waals surface area contributed by atoms with Crippen LogP contribution in [0.15, 0.2) is 36.4 Å². The summed E-state index contributed by atoms with van der Waals surface area (Å²) in [6.07, 6.45) is 5.62. The van der Waals surface area contributed by atoms with Gasteiger partial charge in [-0.25, -0.2) is 0 Å². The second-order valence-electron chi connectivity index (χ2n) is 7.30. The highest BCUT2D eigenvalue weighted by Gasteiger charge is 2.20. The number of hydrogen-bond acceptors (Lipinski definition) is 4. The van der Waals surface area contributed by atoms with Crippen molar-refractivity contribution in [3.05, 3.63) is 57.6 Å². The summed E-state index contributed by atoms with van der Waals surface area (Å²) in [5.41, 5.74) is 2.69. The van der Waals surface area contributed by atoms with Gasteiger partial charge in [-0.15, -0.1) is 0 Å². The summed E-state index contributed by atoms with van der Waals surface area (Å²) in [7, 11) is 0. The molecule has 0 saturated heterocycles. The molecule has 5 nitrogen and oxygen atoms in total. The number of ketones is 1. The van der Waals surface area contributed by atoms with Crippen molar-refractivity contribution >= 4 is 11.5 Å². The molecule has 150 valence electrons. The number of ether oxygens (including phenoxy) is 1. The fourth-order valence-electron chi connectivity index (χ4n) is 3.21. The molecule has 0 aliphatic rings. The zero-order chi connectivity index (χ0) is 20.7. The van der Waals surface area contributed by atoms with Gasteiger partial charge < -0.3 is 4.74 Å². The molecule has 2 rings (SSSR count). The Kier molecular flexibility index (Phi) is 7.73. The number of aryl methyl sites for hydroxylation is 1. The third kappa shape index (κ3) is 5.65. The fraction of sp³-hybridized carbons (Fsp3) is 0.435. The van der Waals surface area contributed by atoms with Crippen LogP contribution in [0.2, 0.25) is 0 Å². The third-order valence-corrected chi connectivity index (χ3v) is 4.88. The quantitative estimate of drug-likeness (QED) is 0.203. The van der Waals surface area contributed by atoms with Crippen LogP contribution in [0, 0.1) is 17.0 Å². The average molecular weight is 383 g/mol. The third-order valence-electron chi connectivity index (χ3n) is 4.88. The first-order valence-corrected chi connectivity index (χ1v) is 9.90. The van der Waals surface area contributed by atoms with Crippen LogP contribution in [0.4, 0.5) is 5.69 Å². The van der Waals surface area contributed by atoms with Crippen molar-refractivity contribution in [2.75, 3.05) is 0 Å². The Labute approximate surface area is 166 Å². The Morgan fingerprint density at radius 1 is 1.14 bits per heavy atom. The van der Waals surface area contributed by atoms with E-state index in [1.807, 2.05) is 13.8 Å². The topological polar surface area (TPSA) is 69.4 Å². The van der Waals surface area contributed by atoms with Crippen LogP contribution in [0.25, 0.3) is 11.1 Å². The molecule has 0 spiro atoms. The van der Waals surface area contributed by atoms with Crippen LogP contribution in [-0.2, 0) is 0 Å². The second kappa shape index (κ2) is 10.0. The van der Waals surface area contributed by atoms with E-state index in [2.05, 4.69) is 6.92 Å². The molecule has 0 aliphatic carbocycles. The predicted molar refractivity (Wildman–Crippen MR) is 112 cm³/mol. The Balaban J connectivity index is 2.26. The molecule has 5 heteroatoms. The summed E-state index contributed by atoms with van der Waals surface area (Å²) in [5, 5.41) is 11.7. The first-order chi connectivity index (χ1) is 13.3. The van der Waals surface area contributed by atoms with Crippen molar-refractivity contribution in [3.8, 4) is 16.9 Å². The van der Waals surface area contributed by atoms with Crippen molar-refractivity contribution in [1.29, 1.82) is 0 Å². The summed E-state index contributed by atoms with van der Waals surface area (Å²) >= 11 is 0. The van der Waals surface area contributed by atoms with Crippen LogP contribution < -0.4 is 4.74 Å². The molecule has 0 aromatic heterocycles. The Hall–Kier alpha value is -2.69. The number of nitro benzene ring substituents is 1. The Morgan fingerprint density at radius 2 is 1.82 bits per heavy atom. The lowest BCUT2D eigenvalue weighted by Crippen LogP contribution is -2.12. The first-order valence-electron chi connectivity index (χ1n) is 9.90. The van der Waals surface area contributed by atoms with Gasteiger partial charge in [-0.05, 0) is 50.8 Å². The highest BCUT2D eigenvalue weighted by Crippen LogP contribution is 2.36. The van der Waals surface area contributed by atoms with E-state index in [0.29, 0.717) is 22.4 Å². The van der Waals surface area contributed by atoms with Gasteiger partial charge in [-0.2, -0.15) is 0 Å². The van der Waals surface area contributed by atoms with Gasteiger partial charge in [0.25, 0.3) is 5.69 Å². The lowest BCUT2D eigenvalue weighted by atomic mass is 9.99. The van der Waals surface area contributed by atoms with E-state index in [1.54, 1.807) is 30.3 Å². The minimum atomic E-state index is -0.383. The number of nitro groups is 1. The van der Waals surface area contributed by atoms with Crippen LogP contribution in [0.1, 0.15) is 68.8 Å². The molecule has 0 saturated carbocycles. The number of rotatable bonds is 10. The van der Waals surface area contributed by atoms with E-state index < -0.39 is 0 Å². The Morgan fingerprint density at radius 3 is 2.39 bits per heavy atom. The monoisotopic (exact) mass is 383 g/mol. The highest BCUT2D eigenvalue weighted by atomic mass is 16.6. The van der Waals surface area contributed by atoms with Crippen molar-refractivity contribution in [1.82, 2.24) is 0 Å². The van der Waals surface area contributed by atoms with Crippen molar-refractivity contribution in [2.24, 2.45) is 0 Å². The normalized spacial score (nSPS) is 11.9. The van der Waals surface area contributed by atoms with Gasteiger partial charge in [0.2, 0.25) is 0 Å². The molecule has 0 amide bonds. The predicted octanol–water partition coefficient (Wildman–Crippen LogP) is 6.51. The van der Waals surface area contributed by atoms with Crippen molar-refractivity contribution < 1.29 is 14.5 Å². The summed E-state index contributed by atoms with van der Waals surface area (Å²) in [4.78, 5) is 22.7. The van der Waals surface area contributed by atoms with Crippen LogP contribution in [-0.4, -0.2) is 16.8 Å². The maximum Gasteiger partial charge on any atom is 0.280 e. The van der Waals surface area contributed by atoms with E-state index in [1.165, 1.54) is 32.3 Å². The molecule has 2 aromatic rings. The van der Waals surface area contributed by atoms with Gasteiger partial charge in [-0.3, -0.25) is 14.9 Å². The molecule has 0 bridgehead atoms. The molecule has 0 heterocycles. The molecular weight excluding hydrogens is 354 g/mol. The van der Waals surface area contributed by atoms with Crippen LogP contribution in [0.3, 0.4) is 0 Å². The number of benzene rings is 2. The molecular formula is C23H29NO4. The number of carbonyl (C=O) groups is 1. The van der Waals surface area contributed by atoms with E-state index in [0.717, 1.165) is 18.4 Å². The number of hydrogen-bond donors (Lipinski definition) is 0. The molecule has 0 N–H and O–H groups in total. The zero-order valence-electron chi connectivity index (χ0n) is 17.2. The number of unbranched alkanes of at least 4 members (excludes halogenated alkanes) is 3. The highest BCUT2D eigenvalue weighted by molar-refractivity contribution is 5.94. The molecule has 2 aromatic carbocycles. The molecule has 28 heavy (non-hydrogen) atoms. The van der Waals surface area contributed by atoms with E-state index in [4.69, 9.17) is 4.74 Å². The fourth-order valence-corrected chi connectivity index (χ4v) is 3.21. The number of Topliss-reactive ketones (excluding diaryl/α,β-unsaturated/α-hetero) is 1. The molecule has 0 unspecified atom stereocenters. The summed E-state index contributed by atoms with van der Waals surface area (Å²) in [6, 6.07) is 10.2. The van der Waals surface area contributed by atoms with Gasteiger partial charge in [-0.1, -0.05) is 50.5 Å². The summed E-state index contributed by atoms with van der Waals surface area (Å²) < 4.78 is 6.01. The van der Waals surface area contributed by atoms with E-state index >= 15 is 0 Å². The maximum atomic E-state index is 11.7. The molecule has 0 radical (unpaired) electrons. The maximum absolute atomic E-state index is 11.7. The van der Waals surface area contributed by atoms with Gasteiger partial charge in [0.1, 0.15) is 5.75 Å². The minimum Gasteiger partial charge on any atom is -0.490 e. The van der Waals surface area contributed by atoms with Gasteiger partial charge in [0.05, 0.1) is 22.7 Å². The van der Waals surface area contributed by atoms with Gasteiger partial charge in [0.15, 0.2) is 5.78 Å². The standard InChI is InChI=1S/C23H29NO4/c1-5-6-7-8-9-17(3)28-23-15-22(24(26)27)21(14-16(23)2)20-12-10-19(11-13-20)18(4)25/h10-15,17H,5-9H2,1-4H3/t17-/m1/s1. The largest absolute Gasteiger partial charge is 0.490 e. The molecule has 1 atom stereocenters. The molecule has 0 aliphatic heterocycles. The van der Waals surface area contributed by atoms with Crippen LogP contribution >= 0.6 is 0 Å². The summed E-state index contributed by atoms with van der Waals surface area (Å²) in [6.45, 7) is 7.58. The molecule has 0 fully saturated rings. The first kappa shape index (κ1) is 21.6. The zero-order valence-corrected chi connectivity index (χ0v) is 17.2. The number of carbonyl (C=O) groups excluding carboxylic acids is 1.